The minimum atomic E-state index is 0.126. The molecular weight excluding hydrogens is 160 g/mol. The van der Waals surface area contributed by atoms with Crippen LogP contribution in [-0.4, -0.2) is 6.54 Å². The van der Waals surface area contributed by atoms with Crippen molar-refractivity contribution in [3.8, 4) is 0 Å². The number of hydrogen-bond acceptors (Lipinski definition) is 2. The number of anilines is 1. The fourth-order valence-corrected chi connectivity index (χ4v) is 1.92. The molecule has 0 fully saturated rings. The molecule has 13 heavy (non-hydrogen) atoms. The molecule has 1 atom stereocenters. The number of rotatable bonds is 1. The minimum Gasteiger partial charge on any atom is -0.385 e. The summed E-state index contributed by atoms with van der Waals surface area (Å²) in [6.45, 7) is 3.11. The highest BCUT2D eigenvalue weighted by molar-refractivity contribution is 5.60. The van der Waals surface area contributed by atoms with Gasteiger partial charge in [0.25, 0.3) is 0 Å². The SMILES string of the molecule is C[C@H](N)c1cccc2c1NCCC2. The minimum absolute atomic E-state index is 0.126. The molecule has 0 saturated carbocycles. The molecule has 1 aliphatic rings. The van der Waals surface area contributed by atoms with Gasteiger partial charge in [0, 0.05) is 18.3 Å². The smallest absolute Gasteiger partial charge is 0.0421 e. The highest BCUT2D eigenvalue weighted by Gasteiger charge is 2.13. The van der Waals surface area contributed by atoms with E-state index in [-0.39, 0.29) is 6.04 Å². The van der Waals surface area contributed by atoms with Crippen LogP contribution in [0.2, 0.25) is 0 Å². The predicted octanol–water partition coefficient (Wildman–Crippen LogP) is 2.06. The van der Waals surface area contributed by atoms with Crippen LogP contribution >= 0.6 is 0 Å². The number of hydrogen-bond donors (Lipinski definition) is 2. The molecule has 2 rings (SSSR count). The van der Waals surface area contributed by atoms with Crippen molar-refractivity contribution < 1.29 is 0 Å². The third kappa shape index (κ3) is 1.54. The topological polar surface area (TPSA) is 38.0 Å². The van der Waals surface area contributed by atoms with Gasteiger partial charge in [0.2, 0.25) is 0 Å². The third-order valence-corrected chi connectivity index (χ3v) is 2.60. The van der Waals surface area contributed by atoms with Crippen LogP contribution in [0.1, 0.15) is 30.5 Å². The molecular formula is C11H16N2. The first-order valence-corrected chi connectivity index (χ1v) is 4.90. The number of benzene rings is 1. The van der Waals surface area contributed by atoms with Gasteiger partial charge in [-0.1, -0.05) is 18.2 Å². The first-order chi connectivity index (χ1) is 6.29. The monoisotopic (exact) mass is 176 g/mol. The second kappa shape index (κ2) is 3.38. The van der Waals surface area contributed by atoms with Gasteiger partial charge >= 0.3 is 0 Å². The van der Waals surface area contributed by atoms with Crippen molar-refractivity contribution in [3.05, 3.63) is 29.3 Å². The lowest BCUT2D eigenvalue weighted by molar-refractivity contribution is 0.785. The summed E-state index contributed by atoms with van der Waals surface area (Å²) >= 11 is 0. The molecule has 2 nitrogen and oxygen atoms in total. The van der Waals surface area contributed by atoms with E-state index >= 15 is 0 Å². The van der Waals surface area contributed by atoms with E-state index in [0.29, 0.717) is 0 Å². The van der Waals surface area contributed by atoms with Gasteiger partial charge in [-0.3, -0.25) is 0 Å². The fourth-order valence-electron chi connectivity index (χ4n) is 1.92. The third-order valence-electron chi connectivity index (χ3n) is 2.60. The van der Waals surface area contributed by atoms with Crippen molar-refractivity contribution in [1.29, 1.82) is 0 Å². The van der Waals surface area contributed by atoms with Gasteiger partial charge < -0.3 is 11.1 Å². The van der Waals surface area contributed by atoms with E-state index in [4.69, 9.17) is 5.73 Å². The predicted molar refractivity (Wildman–Crippen MR) is 55.9 cm³/mol. The van der Waals surface area contributed by atoms with E-state index in [1.165, 1.54) is 29.7 Å². The van der Waals surface area contributed by atoms with Crippen LogP contribution in [0.4, 0.5) is 5.69 Å². The number of fused-ring (bicyclic) bond motifs is 1. The Hall–Kier alpha value is -1.02. The summed E-state index contributed by atoms with van der Waals surface area (Å²) in [6, 6.07) is 6.53. The van der Waals surface area contributed by atoms with Crippen LogP contribution in [0.15, 0.2) is 18.2 Å². The fraction of sp³-hybridized carbons (Fsp3) is 0.455. The number of para-hydroxylation sites is 1. The Morgan fingerprint density at radius 2 is 2.31 bits per heavy atom. The molecule has 1 aromatic carbocycles. The summed E-state index contributed by atoms with van der Waals surface area (Å²) in [5, 5.41) is 3.43. The van der Waals surface area contributed by atoms with E-state index in [9.17, 15) is 0 Å². The van der Waals surface area contributed by atoms with Crippen molar-refractivity contribution in [3.63, 3.8) is 0 Å². The summed E-state index contributed by atoms with van der Waals surface area (Å²) in [5.74, 6) is 0. The molecule has 1 aromatic rings. The average molecular weight is 176 g/mol. The first-order valence-electron chi connectivity index (χ1n) is 4.90. The van der Waals surface area contributed by atoms with Gasteiger partial charge in [-0.25, -0.2) is 0 Å². The van der Waals surface area contributed by atoms with Crippen molar-refractivity contribution in [1.82, 2.24) is 0 Å². The molecule has 2 heteroatoms. The zero-order valence-electron chi connectivity index (χ0n) is 8.01. The van der Waals surface area contributed by atoms with Crippen LogP contribution in [0.5, 0.6) is 0 Å². The summed E-state index contributed by atoms with van der Waals surface area (Å²) < 4.78 is 0. The largest absolute Gasteiger partial charge is 0.385 e. The Morgan fingerprint density at radius 1 is 1.46 bits per heavy atom. The van der Waals surface area contributed by atoms with Crippen LogP contribution in [0, 0.1) is 0 Å². The molecule has 1 heterocycles. The van der Waals surface area contributed by atoms with Gasteiger partial charge in [0.05, 0.1) is 0 Å². The highest BCUT2D eigenvalue weighted by atomic mass is 14.9. The lowest BCUT2D eigenvalue weighted by Crippen LogP contribution is -2.16. The molecule has 0 amide bonds. The van der Waals surface area contributed by atoms with Gasteiger partial charge in [0.1, 0.15) is 0 Å². The second-order valence-electron chi connectivity index (χ2n) is 3.70. The molecule has 0 aromatic heterocycles. The summed E-state index contributed by atoms with van der Waals surface area (Å²) in [7, 11) is 0. The molecule has 3 N–H and O–H groups in total. The lowest BCUT2D eigenvalue weighted by Gasteiger charge is -2.22. The maximum atomic E-state index is 5.90. The molecule has 0 spiro atoms. The molecule has 0 unspecified atom stereocenters. The van der Waals surface area contributed by atoms with Crippen LogP contribution in [-0.2, 0) is 6.42 Å². The van der Waals surface area contributed by atoms with Gasteiger partial charge in [-0.05, 0) is 30.9 Å². The van der Waals surface area contributed by atoms with E-state index in [2.05, 4.69) is 23.5 Å². The van der Waals surface area contributed by atoms with Gasteiger partial charge in [-0.2, -0.15) is 0 Å². The van der Waals surface area contributed by atoms with E-state index in [1.807, 2.05) is 6.92 Å². The summed E-state index contributed by atoms with van der Waals surface area (Å²) in [5.41, 5.74) is 9.84. The number of nitrogens with one attached hydrogen (secondary N) is 1. The average Bonchev–Trinajstić information content (AvgIpc) is 2.17. The van der Waals surface area contributed by atoms with Crippen molar-refractivity contribution in [2.45, 2.75) is 25.8 Å². The number of aryl methyl sites for hydroxylation is 1. The zero-order valence-corrected chi connectivity index (χ0v) is 8.01. The lowest BCUT2D eigenvalue weighted by atomic mass is 9.96. The van der Waals surface area contributed by atoms with E-state index in [1.54, 1.807) is 0 Å². The molecule has 70 valence electrons. The van der Waals surface area contributed by atoms with Gasteiger partial charge in [-0.15, -0.1) is 0 Å². The van der Waals surface area contributed by atoms with E-state index in [0.717, 1.165) is 6.54 Å². The van der Waals surface area contributed by atoms with Crippen molar-refractivity contribution in [2.75, 3.05) is 11.9 Å². The first kappa shape index (κ1) is 8.57. The molecule has 0 saturated heterocycles. The highest BCUT2D eigenvalue weighted by Crippen LogP contribution is 2.28. The van der Waals surface area contributed by atoms with Gasteiger partial charge in [0.15, 0.2) is 0 Å². The quantitative estimate of drug-likeness (QED) is 0.687. The maximum Gasteiger partial charge on any atom is 0.0421 e. The Bertz CT molecular complexity index is 305. The van der Waals surface area contributed by atoms with E-state index < -0.39 is 0 Å². The summed E-state index contributed by atoms with van der Waals surface area (Å²) in [6.07, 6.45) is 2.41. The van der Waals surface area contributed by atoms with Crippen LogP contribution < -0.4 is 11.1 Å². The standard InChI is InChI=1S/C11H16N2/c1-8(12)10-6-2-4-9-5-3-7-13-11(9)10/h2,4,6,8,13H,3,5,7,12H2,1H3/t8-/m0/s1. The Labute approximate surface area is 79.1 Å². The Kier molecular flexibility index (Phi) is 2.23. The number of nitrogens with two attached hydrogens (primary N) is 1. The molecule has 0 aliphatic carbocycles. The maximum absolute atomic E-state index is 5.90. The second-order valence-corrected chi connectivity index (χ2v) is 3.70. The normalized spacial score (nSPS) is 17.4. The Balaban J connectivity index is 2.46. The molecule has 0 bridgehead atoms. The molecule has 1 aliphatic heterocycles. The van der Waals surface area contributed by atoms with Crippen molar-refractivity contribution in [2.24, 2.45) is 5.73 Å². The van der Waals surface area contributed by atoms with Crippen LogP contribution in [0.25, 0.3) is 0 Å². The summed E-state index contributed by atoms with van der Waals surface area (Å²) in [4.78, 5) is 0. The van der Waals surface area contributed by atoms with Crippen molar-refractivity contribution >= 4 is 5.69 Å². The Morgan fingerprint density at radius 3 is 3.08 bits per heavy atom. The van der Waals surface area contributed by atoms with Crippen LogP contribution in [0.3, 0.4) is 0 Å². The zero-order chi connectivity index (χ0) is 9.26. The molecule has 0 radical (unpaired) electrons.